The molecule has 2 amide bonds. The van der Waals surface area contributed by atoms with E-state index in [4.69, 9.17) is 4.74 Å². The van der Waals surface area contributed by atoms with Crippen molar-refractivity contribution in [2.24, 2.45) is 0 Å². The molecule has 146 valence electrons. The van der Waals surface area contributed by atoms with Crippen LogP contribution in [0.25, 0.3) is 0 Å². The Balaban J connectivity index is 1.90. The minimum absolute atomic E-state index is 0.0645. The van der Waals surface area contributed by atoms with Gasteiger partial charge in [-0.2, -0.15) is 0 Å². The van der Waals surface area contributed by atoms with Gasteiger partial charge in [-0.25, -0.2) is 4.79 Å². The predicted octanol–water partition coefficient (Wildman–Crippen LogP) is 3.14. The fraction of sp³-hybridized carbons (Fsp3) is 0.600. The summed E-state index contributed by atoms with van der Waals surface area (Å²) < 4.78 is 5.50. The first kappa shape index (κ1) is 19.3. The lowest BCUT2D eigenvalue weighted by atomic mass is 9.90. The summed E-state index contributed by atoms with van der Waals surface area (Å²) in [6.07, 6.45) is 2.73. The zero-order chi connectivity index (χ0) is 19.8. The van der Waals surface area contributed by atoms with E-state index in [-0.39, 0.29) is 30.6 Å². The number of pyridine rings is 1. The highest BCUT2D eigenvalue weighted by atomic mass is 16.6. The number of likely N-dealkylation sites (N-methyl/N-ethyl adjacent to an activating group) is 1. The number of piperidine rings is 1. The largest absolute Gasteiger partial charge is 0.443 e. The molecule has 0 N–H and O–H groups in total. The normalized spacial score (nSPS) is 20.5. The van der Waals surface area contributed by atoms with Gasteiger partial charge in [-0.1, -0.05) is 0 Å². The number of carbonyl (C=O) groups is 3. The number of amides is 2. The van der Waals surface area contributed by atoms with Crippen LogP contribution in [0, 0.1) is 0 Å². The summed E-state index contributed by atoms with van der Waals surface area (Å²) in [5.74, 6) is 0.258. The molecule has 2 aliphatic heterocycles. The number of nitrogens with zero attached hydrogens (tertiary/aromatic N) is 3. The van der Waals surface area contributed by atoms with Crippen LogP contribution in [0.5, 0.6) is 0 Å². The summed E-state index contributed by atoms with van der Waals surface area (Å²) in [4.78, 5) is 44.6. The lowest BCUT2D eigenvalue weighted by molar-refractivity contribution is -0.133. The molecular weight excluding hydrogens is 346 g/mol. The second kappa shape index (κ2) is 7.29. The van der Waals surface area contributed by atoms with E-state index >= 15 is 0 Å². The van der Waals surface area contributed by atoms with Crippen LogP contribution in [0.15, 0.2) is 12.3 Å². The van der Waals surface area contributed by atoms with Crippen molar-refractivity contribution in [3.8, 4) is 0 Å². The number of ketones is 1. The Morgan fingerprint density at radius 1 is 1.30 bits per heavy atom. The van der Waals surface area contributed by atoms with Crippen molar-refractivity contribution in [3.05, 3.63) is 23.5 Å². The van der Waals surface area contributed by atoms with Gasteiger partial charge >= 0.3 is 6.09 Å². The zero-order valence-corrected chi connectivity index (χ0v) is 16.4. The van der Waals surface area contributed by atoms with E-state index in [1.165, 1.54) is 4.90 Å². The van der Waals surface area contributed by atoms with Crippen molar-refractivity contribution in [2.45, 2.75) is 58.5 Å². The van der Waals surface area contributed by atoms with Gasteiger partial charge in [0.15, 0.2) is 5.78 Å². The minimum Gasteiger partial charge on any atom is -0.443 e. The molecule has 0 aromatic carbocycles. The van der Waals surface area contributed by atoms with E-state index in [0.717, 1.165) is 12.0 Å². The van der Waals surface area contributed by atoms with E-state index in [9.17, 15) is 14.4 Å². The molecule has 3 rings (SSSR count). The Morgan fingerprint density at radius 2 is 2.04 bits per heavy atom. The maximum absolute atomic E-state index is 12.6. The summed E-state index contributed by atoms with van der Waals surface area (Å²) in [6.45, 7) is 9.01. The monoisotopic (exact) mass is 373 g/mol. The molecule has 0 bridgehead atoms. The van der Waals surface area contributed by atoms with E-state index in [2.05, 4.69) is 4.98 Å². The number of ether oxygens (including phenoxy) is 1. The van der Waals surface area contributed by atoms with Crippen LogP contribution in [0.4, 0.5) is 10.5 Å². The molecule has 0 spiro atoms. The summed E-state index contributed by atoms with van der Waals surface area (Å²) >= 11 is 0. The summed E-state index contributed by atoms with van der Waals surface area (Å²) in [6, 6.07) is 1.87. The number of hydrogen-bond acceptors (Lipinski definition) is 5. The number of Topliss-reactive ketones (excluding diaryl/α,β-unsaturated/α-hetero) is 1. The molecule has 1 aromatic heterocycles. The molecule has 7 heteroatoms. The van der Waals surface area contributed by atoms with Crippen molar-refractivity contribution in [1.82, 2.24) is 9.88 Å². The van der Waals surface area contributed by atoms with E-state index in [1.54, 1.807) is 6.20 Å². The molecule has 1 unspecified atom stereocenters. The summed E-state index contributed by atoms with van der Waals surface area (Å²) in [5, 5.41) is 0. The molecule has 0 aliphatic carbocycles. The van der Waals surface area contributed by atoms with Gasteiger partial charge in [-0.3, -0.25) is 19.5 Å². The molecule has 0 radical (unpaired) electrons. The van der Waals surface area contributed by atoms with Gasteiger partial charge in [0, 0.05) is 44.6 Å². The molecule has 1 aromatic rings. The maximum Gasteiger partial charge on any atom is 0.414 e. The van der Waals surface area contributed by atoms with Gasteiger partial charge in [-0.05, 0) is 45.7 Å². The molecule has 2 aliphatic rings. The van der Waals surface area contributed by atoms with Crippen molar-refractivity contribution < 1.29 is 19.1 Å². The van der Waals surface area contributed by atoms with Gasteiger partial charge in [0.1, 0.15) is 11.3 Å². The molecule has 1 atom stereocenters. The highest BCUT2D eigenvalue weighted by Crippen LogP contribution is 2.33. The molecule has 1 fully saturated rings. The van der Waals surface area contributed by atoms with Crippen molar-refractivity contribution in [3.63, 3.8) is 0 Å². The Morgan fingerprint density at radius 3 is 2.70 bits per heavy atom. The number of anilines is 1. The summed E-state index contributed by atoms with van der Waals surface area (Å²) in [7, 11) is 0. The van der Waals surface area contributed by atoms with Crippen LogP contribution in [0.2, 0.25) is 0 Å². The van der Waals surface area contributed by atoms with Crippen LogP contribution in [0.1, 0.15) is 68.9 Å². The van der Waals surface area contributed by atoms with Crippen LogP contribution in [-0.2, 0) is 9.53 Å². The zero-order valence-electron chi connectivity index (χ0n) is 16.4. The maximum atomic E-state index is 12.6. The summed E-state index contributed by atoms with van der Waals surface area (Å²) in [5.41, 5.74) is 1.16. The van der Waals surface area contributed by atoms with Gasteiger partial charge < -0.3 is 9.64 Å². The van der Waals surface area contributed by atoms with Gasteiger partial charge in [-0.15, -0.1) is 0 Å². The first-order valence-electron chi connectivity index (χ1n) is 9.51. The molecule has 0 saturated carbocycles. The SMILES string of the molecule is CCN1CC(c2cnc3c(c2)N(C(=O)OC(C)(C)C)CCC3=O)CCC1=O. The highest BCUT2D eigenvalue weighted by Gasteiger charge is 2.33. The molecule has 3 heterocycles. The Hall–Kier alpha value is -2.44. The lowest BCUT2D eigenvalue weighted by Crippen LogP contribution is -2.42. The quantitative estimate of drug-likeness (QED) is 0.796. The van der Waals surface area contributed by atoms with E-state index < -0.39 is 11.7 Å². The Bertz CT molecular complexity index is 769. The Kier molecular flexibility index (Phi) is 5.22. The average molecular weight is 373 g/mol. The smallest absolute Gasteiger partial charge is 0.414 e. The molecule has 27 heavy (non-hydrogen) atoms. The second-order valence-corrected chi connectivity index (χ2v) is 8.11. The first-order chi connectivity index (χ1) is 12.7. The highest BCUT2D eigenvalue weighted by molar-refractivity contribution is 6.06. The standard InChI is InChI=1S/C20H27N3O4/c1-5-22-12-13(6-7-17(22)25)14-10-15-18(21-11-14)16(24)8-9-23(15)19(26)27-20(2,3)4/h10-11,13H,5-9,12H2,1-4H3. The lowest BCUT2D eigenvalue weighted by Gasteiger charge is -2.34. The third kappa shape index (κ3) is 4.12. The minimum atomic E-state index is -0.616. The number of fused-ring (bicyclic) bond motifs is 1. The first-order valence-corrected chi connectivity index (χ1v) is 9.51. The van der Waals surface area contributed by atoms with Crippen LogP contribution in [-0.4, -0.2) is 52.9 Å². The fourth-order valence-electron chi connectivity index (χ4n) is 3.56. The van der Waals surface area contributed by atoms with Crippen molar-refractivity contribution in [1.29, 1.82) is 0 Å². The molecular formula is C20H27N3O4. The number of rotatable bonds is 2. The second-order valence-electron chi connectivity index (χ2n) is 8.11. The van der Waals surface area contributed by atoms with Crippen LogP contribution < -0.4 is 4.90 Å². The van der Waals surface area contributed by atoms with Crippen molar-refractivity contribution >= 4 is 23.5 Å². The molecule has 7 nitrogen and oxygen atoms in total. The van der Waals surface area contributed by atoms with Gasteiger partial charge in [0.05, 0.1) is 5.69 Å². The third-order valence-electron chi connectivity index (χ3n) is 4.97. The number of aromatic nitrogens is 1. The topological polar surface area (TPSA) is 79.8 Å². The molecule has 1 saturated heterocycles. The predicted molar refractivity (Wildman–Crippen MR) is 101 cm³/mol. The van der Waals surface area contributed by atoms with Crippen LogP contribution in [0.3, 0.4) is 0 Å². The van der Waals surface area contributed by atoms with Crippen LogP contribution >= 0.6 is 0 Å². The van der Waals surface area contributed by atoms with Gasteiger partial charge in [0.2, 0.25) is 5.91 Å². The van der Waals surface area contributed by atoms with E-state index in [1.807, 2.05) is 38.7 Å². The fourth-order valence-corrected chi connectivity index (χ4v) is 3.56. The third-order valence-corrected chi connectivity index (χ3v) is 4.97. The van der Waals surface area contributed by atoms with Crippen molar-refractivity contribution in [2.75, 3.05) is 24.5 Å². The van der Waals surface area contributed by atoms with Gasteiger partial charge in [0.25, 0.3) is 0 Å². The average Bonchev–Trinajstić information content (AvgIpc) is 2.60. The number of carbonyl (C=O) groups excluding carboxylic acids is 3. The Labute approximate surface area is 159 Å². The van der Waals surface area contributed by atoms with E-state index in [0.29, 0.717) is 30.9 Å². The number of likely N-dealkylation sites (tertiary alicyclic amines) is 1. The number of hydrogen-bond donors (Lipinski definition) is 0.